The predicted molar refractivity (Wildman–Crippen MR) is 145 cm³/mol. The van der Waals surface area contributed by atoms with E-state index in [1.807, 2.05) is 97.1 Å². The van der Waals surface area contributed by atoms with Crippen LogP contribution in [0.1, 0.15) is 22.3 Å². The maximum atomic E-state index is 3.33. The highest BCUT2D eigenvalue weighted by Gasteiger charge is 1.98. The van der Waals surface area contributed by atoms with Gasteiger partial charge in [-0.2, -0.15) is 0 Å². The van der Waals surface area contributed by atoms with Crippen molar-refractivity contribution >= 4 is 12.2 Å². The van der Waals surface area contributed by atoms with Gasteiger partial charge in [0.2, 0.25) is 0 Å². The molecular weight excluding hydrogens is 408 g/mol. The Balaban J connectivity index is 1.82. The van der Waals surface area contributed by atoms with Gasteiger partial charge in [0.1, 0.15) is 0 Å². The molecule has 0 N–H and O–H groups in total. The number of rotatable bonds is 4. The zero-order chi connectivity index (χ0) is 23.3. The van der Waals surface area contributed by atoms with Crippen LogP contribution in [-0.2, 0) is 0 Å². The van der Waals surface area contributed by atoms with Crippen molar-refractivity contribution in [2.75, 3.05) is 0 Å². The second-order valence-electron chi connectivity index (χ2n) is 7.55. The fourth-order valence-electron chi connectivity index (χ4n) is 3.21. The van der Waals surface area contributed by atoms with Crippen molar-refractivity contribution < 1.29 is 0 Å². The summed E-state index contributed by atoms with van der Waals surface area (Å²) in [6, 6.07) is 40.5. The average Bonchev–Trinajstić information content (AvgIpc) is 2.91. The van der Waals surface area contributed by atoms with E-state index >= 15 is 0 Å². The third-order valence-corrected chi connectivity index (χ3v) is 5.01. The van der Waals surface area contributed by atoms with Crippen LogP contribution in [-0.4, -0.2) is 0 Å². The van der Waals surface area contributed by atoms with E-state index in [0.29, 0.717) is 0 Å². The number of allylic oxidation sites excluding steroid dienone is 4. The predicted octanol–water partition coefficient (Wildman–Crippen LogP) is 7.81. The van der Waals surface area contributed by atoms with Crippen LogP contribution in [0.5, 0.6) is 0 Å². The van der Waals surface area contributed by atoms with E-state index in [-0.39, 0.29) is 0 Å². The Hall–Kier alpha value is -4.78. The second-order valence-corrected chi connectivity index (χ2v) is 7.55. The molecule has 0 unspecified atom stereocenters. The van der Waals surface area contributed by atoms with Crippen LogP contribution < -0.4 is 0 Å². The minimum atomic E-state index is 0.770. The van der Waals surface area contributed by atoms with Gasteiger partial charge in [0, 0.05) is 11.1 Å². The van der Waals surface area contributed by atoms with Crippen LogP contribution in [0.3, 0.4) is 0 Å². The highest BCUT2D eigenvalue weighted by molar-refractivity contribution is 5.66. The lowest BCUT2D eigenvalue weighted by molar-refractivity contribution is 1.60. The van der Waals surface area contributed by atoms with E-state index in [0.717, 1.165) is 33.4 Å². The van der Waals surface area contributed by atoms with Gasteiger partial charge in [-0.15, -0.1) is 0 Å². The standard InChI is InChI=1S/C34H24/c1-5-13-29(14-6-1)21-25-33(26-22-30-15-7-2-8-16-30)34(27-23-31-17-9-3-10-18-31)28-24-32-19-11-4-12-20-32/h1-22,25-26H/b25-21+,26-22+. The molecule has 0 atom stereocenters. The van der Waals surface area contributed by atoms with Gasteiger partial charge in [-0.1, -0.05) is 145 Å². The van der Waals surface area contributed by atoms with E-state index in [9.17, 15) is 0 Å². The maximum Gasteiger partial charge on any atom is 0.0823 e. The third kappa shape index (κ3) is 7.13. The molecule has 0 heteroatoms. The molecule has 0 spiro atoms. The van der Waals surface area contributed by atoms with Gasteiger partial charge in [0.05, 0.1) is 5.57 Å². The lowest BCUT2D eigenvalue weighted by atomic mass is 10.0. The summed E-state index contributed by atoms with van der Waals surface area (Å²) in [6.45, 7) is 0. The van der Waals surface area contributed by atoms with E-state index in [1.54, 1.807) is 0 Å². The fourth-order valence-corrected chi connectivity index (χ4v) is 3.21. The van der Waals surface area contributed by atoms with Crippen LogP contribution in [0.25, 0.3) is 12.2 Å². The Labute approximate surface area is 202 Å². The molecular formula is C34H24. The molecule has 4 rings (SSSR count). The summed E-state index contributed by atoms with van der Waals surface area (Å²) >= 11 is 0. The first-order valence-corrected chi connectivity index (χ1v) is 11.2. The van der Waals surface area contributed by atoms with Gasteiger partial charge in [0.15, 0.2) is 0 Å². The van der Waals surface area contributed by atoms with Crippen molar-refractivity contribution in [1.29, 1.82) is 0 Å². The van der Waals surface area contributed by atoms with Crippen molar-refractivity contribution in [3.05, 3.63) is 167 Å². The molecule has 0 amide bonds. The first-order valence-electron chi connectivity index (χ1n) is 11.2. The summed E-state index contributed by atoms with van der Waals surface area (Å²) in [5.41, 5.74) is 5.89. The molecule has 0 fully saturated rings. The summed E-state index contributed by atoms with van der Waals surface area (Å²) in [5.74, 6) is 13.2. The molecule has 0 saturated heterocycles. The third-order valence-electron chi connectivity index (χ3n) is 5.01. The molecule has 0 aliphatic carbocycles. The molecule has 0 radical (unpaired) electrons. The Morgan fingerprint density at radius 2 is 0.794 bits per heavy atom. The molecule has 0 saturated carbocycles. The number of benzene rings is 4. The highest BCUT2D eigenvalue weighted by atomic mass is 14.0. The quantitative estimate of drug-likeness (QED) is 0.228. The van der Waals surface area contributed by atoms with Crippen LogP contribution in [0, 0.1) is 23.7 Å². The lowest BCUT2D eigenvalue weighted by Crippen LogP contribution is -1.85. The molecule has 160 valence electrons. The highest BCUT2D eigenvalue weighted by Crippen LogP contribution is 2.14. The molecule has 0 aliphatic heterocycles. The SMILES string of the molecule is C(#Cc1ccccc1)C(C#Cc1ccccc1)=C(/C=C/c1ccccc1)/C=C/c1ccccc1. The molecule has 4 aromatic carbocycles. The van der Waals surface area contributed by atoms with Gasteiger partial charge >= 0.3 is 0 Å². The Morgan fingerprint density at radius 1 is 0.441 bits per heavy atom. The number of hydrogen-bond acceptors (Lipinski definition) is 0. The summed E-state index contributed by atoms with van der Waals surface area (Å²) in [4.78, 5) is 0. The molecule has 0 heterocycles. The van der Waals surface area contributed by atoms with Gasteiger partial charge in [0.25, 0.3) is 0 Å². The topological polar surface area (TPSA) is 0 Å². The molecule has 0 bridgehead atoms. The van der Waals surface area contributed by atoms with Crippen molar-refractivity contribution in [2.45, 2.75) is 0 Å². The Bertz CT molecular complexity index is 1290. The summed E-state index contributed by atoms with van der Waals surface area (Å²) in [7, 11) is 0. The van der Waals surface area contributed by atoms with Crippen LogP contribution in [0.4, 0.5) is 0 Å². The van der Waals surface area contributed by atoms with E-state index in [2.05, 4.69) is 72.3 Å². The van der Waals surface area contributed by atoms with E-state index in [1.165, 1.54) is 0 Å². The summed E-state index contributed by atoms with van der Waals surface area (Å²) < 4.78 is 0. The fraction of sp³-hybridized carbons (Fsp3) is 0. The van der Waals surface area contributed by atoms with E-state index in [4.69, 9.17) is 0 Å². The van der Waals surface area contributed by atoms with Crippen LogP contribution in [0.15, 0.2) is 145 Å². The van der Waals surface area contributed by atoms with Crippen LogP contribution in [0.2, 0.25) is 0 Å². The molecule has 4 aromatic rings. The zero-order valence-electron chi connectivity index (χ0n) is 18.9. The van der Waals surface area contributed by atoms with Gasteiger partial charge in [-0.05, 0) is 41.0 Å². The van der Waals surface area contributed by atoms with Crippen molar-refractivity contribution in [3.8, 4) is 23.7 Å². The average molecular weight is 433 g/mol. The summed E-state index contributed by atoms with van der Waals surface area (Å²) in [6.07, 6.45) is 8.37. The van der Waals surface area contributed by atoms with E-state index < -0.39 is 0 Å². The van der Waals surface area contributed by atoms with Crippen molar-refractivity contribution in [1.82, 2.24) is 0 Å². The molecule has 0 aromatic heterocycles. The van der Waals surface area contributed by atoms with Crippen molar-refractivity contribution in [2.24, 2.45) is 0 Å². The Kier molecular flexibility index (Phi) is 8.11. The molecule has 0 nitrogen and oxygen atoms in total. The smallest absolute Gasteiger partial charge is 0.0622 e. The minimum absolute atomic E-state index is 0.770. The zero-order valence-corrected chi connectivity index (χ0v) is 18.9. The first kappa shape index (κ1) is 22.4. The summed E-state index contributed by atoms with van der Waals surface area (Å²) in [5, 5.41) is 0. The first-order chi connectivity index (χ1) is 16.9. The number of hydrogen-bond donors (Lipinski definition) is 0. The van der Waals surface area contributed by atoms with Gasteiger partial charge in [-0.3, -0.25) is 0 Å². The van der Waals surface area contributed by atoms with Crippen LogP contribution >= 0.6 is 0 Å². The largest absolute Gasteiger partial charge is 0.0823 e. The van der Waals surface area contributed by atoms with Gasteiger partial charge < -0.3 is 0 Å². The molecule has 0 aliphatic rings. The lowest BCUT2D eigenvalue weighted by Gasteiger charge is -2.00. The Morgan fingerprint density at radius 3 is 1.18 bits per heavy atom. The minimum Gasteiger partial charge on any atom is -0.0622 e. The maximum absolute atomic E-state index is 3.33. The molecule has 34 heavy (non-hydrogen) atoms. The van der Waals surface area contributed by atoms with Crippen molar-refractivity contribution in [3.63, 3.8) is 0 Å². The normalized spacial score (nSPS) is 10.2. The monoisotopic (exact) mass is 432 g/mol. The van der Waals surface area contributed by atoms with Gasteiger partial charge in [-0.25, -0.2) is 0 Å². The second kappa shape index (κ2) is 12.3.